The molecular formula is C18H19N3O3. The summed E-state index contributed by atoms with van der Waals surface area (Å²) in [5.74, 6) is 5.55. The quantitative estimate of drug-likeness (QED) is 0.832. The van der Waals surface area contributed by atoms with Gasteiger partial charge in [-0.25, -0.2) is 4.79 Å². The van der Waals surface area contributed by atoms with E-state index in [1.165, 1.54) is 0 Å². The van der Waals surface area contributed by atoms with E-state index in [2.05, 4.69) is 16.8 Å². The molecule has 1 heterocycles. The molecule has 2 rings (SSSR count). The Morgan fingerprint density at radius 2 is 1.92 bits per heavy atom. The number of carbonyl (C=O) groups is 1. The van der Waals surface area contributed by atoms with Crippen molar-refractivity contribution in [3.05, 3.63) is 68.5 Å². The Hall–Kier alpha value is -3.07. The number of benzene rings is 1. The second-order valence-electron chi connectivity index (χ2n) is 5.36. The van der Waals surface area contributed by atoms with E-state index in [0.717, 1.165) is 18.1 Å². The number of amides is 1. The number of H-pyrrole nitrogens is 2. The van der Waals surface area contributed by atoms with Gasteiger partial charge in [0.05, 0.1) is 6.54 Å². The molecule has 1 aromatic carbocycles. The van der Waals surface area contributed by atoms with Gasteiger partial charge in [-0.1, -0.05) is 37.0 Å². The van der Waals surface area contributed by atoms with E-state index in [-0.39, 0.29) is 18.3 Å². The molecule has 1 amide bonds. The van der Waals surface area contributed by atoms with E-state index in [0.29, 0.717) is 0 Å². The number of nitrogens with zero attached hydrogens (tertiary/aromatic N) is 1. The fourth-order valence-electron chi connectivity index (χ4n) is 2.14. The van der Waals surface area contributed by atoms with Crippen molar-refractivity contribution in [3.63, 3.8) is 0 Å². The zero-order valence-electron chi connectivity index (χ0n) is 13.6. The summed E-state index contributed by atoms with van der Waals surface area (Å²) in [5, 5.41) is 0. The topological polar surface area (TPSA) is 86.0 Å². The highest BCUT2D eigenvalue weighted by Crippen LogP contribution is 2.07. The van der Waals surface area contributed by atoms with Gasteiger partial charge in [-0.05, 0) is 25.5 Å². The van der Waals surface area contributed by atoms with Crippen LogP contribution in [0.15, 0.2) is 46.0 Å². The van der Waals surface area contributed by atoms with Gasteiger partial charge < -0.3 is 9.88 Å². The smallest absolute Gasteiger partial charge is 0.324 e. The van der Waals surface area contributed by atoms with Crippen LogP contribution in [-0.4, -0.2) is 33.4 Å². The summed E-state index contributed by atoms with van der Waals surface area (Å²) < 4.78 is 0. The second kappa shape index (κ2) is 7.97. The average molecular weight is 325 g/mol. The summed E-state index contributed by atoms with van der Waals surface area (Å²) in [6, 6.07) is 10.5. The maximum absolute atomic E-state index is 12.6. The first-order valence-electron chi connectivity index (χ1n) is 7.69. The molecule has 24 heavy (non-hydrogen) atoms. The molecule has 0 fully saturated rings. The third kappa shape index (κ3) is 4.46. The predicted octanol–water partition coefficient (Wildman–Crippen LogP) is 1.36. The molecule has 0 saturated heterocycles. The molecule has 0 aliphatic rings. The Kier molecular flexibility index (Phi) is 5.74. The predicted molar refractivity (Wildman–Crippen MR) is 91.8 cm³/mol. The number of carbonyl (C=O) groups excluding carboxylic acids is 1. The van der Waals surface area contributed by atoms with Crippen LogP contribution in [-0.2, 0) is 0 Å². The van der Waals surface area contributed by atoms with Crippen LogP contribution in [0.5, 0.6) is 0 Å². The Morgan fingerprint density at radius 3 is 2.54 bits per heavy atom. The summed E-state index contributed by atoms with van der Waals surface area (Å²) in [7, 11) is 0. The van der Waals surface area contributed by atoms with Gasteiger partial charge in [0.15, 0.2) is 0 Å². The first-order chi connectivity index (χ1) is 11.5. The fourth-order valence-corrected chi connectivity index (χ4v) is 2.14. The third-order valence-electron chi connectivity index (χ3n) is 3.63. The molecule has 0 spiro atoms. The van der Waals surface area contributed by atoms with Crippen molar-refractivity contribution in [2.45, 2.75) is 26.3 Å². The van der Waals surface area contributed by atoms with Crippen molar-refractivity contribution >= 4 is 5.91 Å². The average Bonchev–Trinajstić information content (AvgIpc) is 2.57. The highest BCUT2D eigenvalue weighted by Gasteiger charge is 2.20. The lowest BCUT2D eigenvalue weighted by Gasteiger charge is -2.26. The second-order valence-corrected chi connectivity index (χ2v) is 5.36. The number of hydrogen-bond acceptors (Lipinski definition) is 3. The first-order valence-corrected chi connectivity index (χ1v) is 7.69. The molecule has 2 aromatic rings. The van der Waals surface area contributed by atoms with Crippen LogP contribution in [0.4, 0.5) is 0 Å². The Balaban J connectivity index is 2.25. The molecule has 6 nitrogen and oxygen atoms in total. The lowest BCUT2D eigenvalue weighted by atomic mass is 10.2. The summed E-state index contributed by atoms with van der Waals surface area (Å²) in [5.41, 5.74) is -0.490. The molecular weight excluding hydrogens is 306 g/mol. The highest BCUT2D eigenvalue weighted by molar-refractivity contribution is 5.92. The summed E-state index contributed by atoms with van der Waals surface area (Å²) >= 11 is 0. The minimum Gasteiger partial charge on any atom is -0.324 e. The van der Waals surface area contributed by atoms with Crippen LogP contribution >= 0.6 is 0 Å². The number of hydrogen-bond donors (Lipinski definition) is 2. The Morgan fingerprint density at radius 1 is 1.21 bits per heavy atom. The zero-order chi connectivity index (χ0) is 17.5. The molecule has 0 radical (unpaired) electrons. The van der Waals surface area contributed by atoms with Crippen LogP contribution in [0.25, 0.3) is 0 Å². The monoisotopic (exact) mass is 325 g/mol. The lowest BCUT2D eigenvalue weighted by Crippen LogP contribution is -2.40. The van der Waals surface area contributed by atoms with Crippen molar-refractivity contribution in [1.29, 1.82) is 0 Å². The molecule has 6 heteroatoms. The summed E-state index contributed by atoms with van der Waals surface area (Å²) in [6.07, 6.45) is 0.728. The van der Waals surface area contributed by atoms with Gasteiger partial charge in [0.25, 0.3) is 11.5 Å². The number of rotatable bonds is 4. The summed E-state index contributed by atoms with van der Waals surface area (Å²) in [6.45, 7) is 4.06. The maximum atomic E-state index is 12.6. The minimum atomic E-state index is -0.703. The molecule has 0 saturated carbocycles. The first kappa shape index (κ1) is 17.3. The number of aromatic amines is 2. The lowest BCUT2D eigenvalue weighted by molar-refractivity contribution is 0.0709. The SMILES string of the molecule is CCC(C)N(CC#Cc1ccccc1)C(=O)c1cc(=O)[nH]c(=O)[nH]1. The van der Waals surface area contributed by atoms with Crippen LogP contribution in [0.1, 0.15) is 36.3 Å². The van der Waals surface area contributed by atoms with E-state index in [1.54, 1.807) is 4.90 Å². The molecule has 0 bridgehead atoms. The zero-order valence-corrected chi connectivity index (χ0v) is 13.6. The molecule has 1 aromatic heterocycles. The van der Waals surface area contributed by atoms with E-state index < -0.39 is 17.2 Å². The van der Waals surface area contributed by atoms with Crippen molar-refractivity contribution < 1.29 is 4.79 Å². The van der Waals surface area contributed by atoms with E-state index in [9.17, 15) is 14.4 Å². The molecule has 1 unspecified atom stereocenters. The van der Waals surface area contributed by atoms with Crippen LogP contribution in [0, 0.1) is 11.8 Å². The van der Waals surface area contributed by atoms with Gasteiger partial charge in [0.2, 0.25) is 0 Å². The van der Waals surface area contributed by atoms with Crippen molar-refractivity contribution in [2.24, 2.45) is 0 Å². The molecule has 2 N–H and O–H groups in total. The van der Waals surface area contributed by atoms with Crippen LogP contribution < -0.4 is 11.2 Å². The van der Waals surface area contributed by atoms with Crippen molar-refractivity contribution in [1.82, 2.24) is 14.9 Å². The van der Waals surface area contributed by atoms with Gasteiger partial charge in [-0.2, -0.15) is 0 Å². The maximum Gasteiger partial charge on any atom is 0.326 e. The van der Waals surface area contributed by atoms with Crippen LogP contribution in [0.2, 0.25) is 0 Å². The van der Waals surface area contributed by atoms with Gasteiger partial charge in [0, 0.05) is 17.7 Å². The highest BCUT2D eigenvalue weighted by atomic mass is 16.2. The minimum absolute atomic E-state index is 0.0365. The normalized spacial score (nSPS) is 11.2. The van der Waals surface area contributed by atoms with Gasteiger partial charge in [0.1, 0.15) is 5.69 Å². The third-order valence-corrected chi connectivity index (χ3v) is 3.63. The van der Waals surface area contributed by atoms with Crippen molar-refractivity contribution in [3.8, 4) is 11.8 Å². The van der Waals surface area contributed by atoms with Gasteiger partial charge >= 0.3 is 5.69 Å². The molecule has 1 atom stereocenters. The molecule has 0 aliphatic heterocycles. The van der Waals surface area contributed by atoms with E-state index in [1.807, 2.05) is 49.2 Å². The van der Waals surface area contributed by atoms with Gasteiger partial charge in [-0.15, -0.1) is 0 Å². The van der Waals surface area contributed by atoms with E-state index >= 15 is 0 Å². The Labute approximate surface area is 139 Å². The van der Waals surface area contributed by atoms with Crippen molar-refractivity contribution in [2.75, 3.05) is 6.54 Å². The number of nitrogens with one attached hydrogen (secondary N) is 2. The number of aromatic nitrogens is 2. The standard InChI is InChI=1S/C18H19N3O3/c1-3-13(2)21(11-7-10-14-8-5-4-6-9-14)17(23)15-12-16(22)20-18(24)19-15/h4-6,8-9,12-13H,3,11H2,1-2H3,(H2,19,20,22,24). The molecule has 124 valence electrons. The molecule has 0 aliphatic carbocycles. The van der Waals surface area contributed by atoms with Gasteiger partial charge in [-0.3, -0.25) is 14.6 Å². The van der Waals surface area contributed by atoms with Crippen LogP contribution in [0.3, 0.4) is 0 Å². The largest absolute Gasteiger partial charge is 0.326 e. The Bertz CT molecular complexity index is 844. The van der Waals surface area contributed by atoms with E-state index in [4.69, 9.17) is 0 Å². The summed E-state index contributed by atoms with van der Waals surface area (Å²) in [4.78, 5) is 41.4. The fraction of sp³-hybridized carbons (Fsp3) is 0.278.